The fourth-order valence-corrected chi connectivity index (χ4v) is 1.56. The molecule has 1 aliphatic heterocycles. The summed E-state index contributed by atoms with van der Waals surface area (Å²) >= 11 is 5.61. The molecule has 0 radical (unpaired) electrons. The second-order valence-electron chi connectivity index (χ2n) is 3.25. The minimum absolute atomic E-state index is 0.173. The first-order valence-corrected chi connectivity index (χ1v) is 4.74. The molecule has 1 N–H and O–H groups in total. The van der Waals surface area contributed by atoms with E-state index >= 15 is 0 Å². The van der Waals surface area contributed by atoms with E-state index in [9.17, 15) is 4.79 Å². The Morgan fingerprint density at radius 2 is 2.54 bits per heavy atom. The Kier molecular flexibility index (Phi) is 3.96. The molecule has 0 aromatic carbocycles. The highest BCUT2D eigenvalue weighted by atomic mass is 35.5. The topological polar surface area (TPSA) is 49.8 Å². The van der Waals surface area contributed by atoms with Gasteiger partial charge in [-0.2, -0.15) is 0 Å². The molecule has 1 saturated heterocycles. The number of hydrogen-bond acceptors (Lipinski definition) is 3. The molecule has 0 amide bonds. The van der Waals surface area contributed by atoms with Gasteiger partial charge in [-0.1, -0.05) is 0 Å². The van der Waals surface area contributed by atoms with Crippen LogP contribution in [-0.2, 0) is 9.53 Å². The van der Waals surface area contributed by atoms with E-state index in [0.717, 1.165) is 13.1 Å². The molecular weight excluding hydrogens is 194 g/mol. The first kappa shape index (κ1) is 10.8. The first-order valence-electron chi connectivity index (χ1n) is 4.30. The monoisotopic (exact) mass is 207 g/mol. The second-order valence-corrected chi connectivity index (χ2v) is 3.77. The summed E-state index contributed by atoms with van der Waals surface area (Å²) in [5.74, 6) is -0.958. The van der Waals surface area contributed by atoms with Crippen molar-refractivity contribution in [1.82, 2.24) is 4.90 Å². The van der Waals surface area contributed by atoms with Crippen LogP contribution in [-0.4, -0.2) is 53.7 Å². The van der Waals surface area contributed by atoms with Gasteiger partial charge < -0.3 is 9.84 Å². The van der Waals surface area contributed by atoms with Crippen molar-refractivity contribution in [2.45, 2.75) is 18.4 Å². The molecule has 1 fully saturated rings. The third kappa shape index (κ3) is 3.50. The molecule has 13 heavy (non-hydrogen) atoms. The number of carboxylic acid groups (broad SMARTS) is 1. The van der Waals surface area contributed by atoms with Gasteiger partial charge in [0.2, 0.25) is 0 Å². The second kappa shape index (κ2) is 4.79. The van der Waals surface area contributed by atoms with Crippen LogP contribution in [0.15, 0.2) is 0 Å². The van der Waals surface area contributed by atoms with Crippen molar-refractivity contribution in [2.75, 3.05) is 26.2 Å². The van der Waals surface area contributed by atoms with Crippen LogP contribution >= 0.6 is 11.6 Å². The van der Waals surface area contributed by atoms with Crippen molar-refractivity contribution < 1.29 is 14.6 Å². The summed E-state index contributed by atoms with van der Waals surface area (Å²) < 4.78 is 5.32. The third-order valence-electron chi connectivity index (χ3n) is 2.01. The maximum Gasteiger partial charge on any atom is 0.322 e. The summed E-state index contributed by atoms with van der Waals surface area (Å²) in [6.07, 6.45) is 0.173. The van der Waals surface area contributed by atoms with Gasteiger partial charge in [0, 0.05) is 19.6 Å². The number of aliphatic carboxylic acids is 1. The van der Waals surface area contributed by atoms with E-state index in [0.29, 0.717) is 13.2 Å². The molecule has 2 unspecified atom stereocenters. The van der Waals surface area contributed by atoms with Crippen LogP contribution in [0.1, 0.15) is 6.92 Å². The fraction of sp³-hybridized carbons (Fsp3) is 0.875. The minimum Gasteiger partial charge on any atom is -0.480 e. The zero-order valence-electron chi connectivity index (χ0n) is 7.57. The summed E-state index contributed by atoms with van der Waals surface area (Å²) in [5, 5.41) is 7.77. The van der Waals surface area contributed by atoms with Gasteiger partial charge >= 0.3 is 5.97 Å². The van der Waals surface area contributed by atoms with Crippen molar-refractivity contribution >= 4 is 17.6 Å². The van der Waals surface area contributed by atoms with Gasteiger partial charge in [-0.3, -0.25) is 9.69 Å². The van der Waals surface area contributed by atoms with Crippen LogP contribution in [0.4, 0.5) is 0 Å². The van der Waals surface area contributed by atoms with Gasteiger partial charge in [-0.05, 0) is 6.92 Å². The fourth-order valence-electron chi connectivity index (χ4n) is 1.36. The van der Waals surface area contributed by atoms with Gasteiger partial charge in [0.25, 0.3) is 0 Å². The molecule has 1 aliphatic rings. The predicted molar refractivity (Wildman–Crippen MR) is 49.1 cm³/mol. The largest absolute Gasteiger partial charge is 0.480 e. The third-order valence-corrected chi connectivity index (χ3v) is 2.34. The number of carboxylic acids is 1. The molecule has 2 atom stereocenters. The van der Waals surface area contributed by atoms with Crippen molar-refractivity contribution in [3.05, 3.63) is 0 Å². The molecule has 5 heteroatoms. The van der Waals surface area contributed by atoms with E-state index in [2.05, 4.69) is 0 Å². The van der Waals surface area contributed by atoms with Gasteiger partial charge in [-0.15, -0.1) is 11.6 Å². The number of hydrogen-bond donors (Lipinski definition) is 1. The summed E-state index contributed by atoms with van der Waals surface area (Å²) in [4.78, 5) is 12.5. The Bertz CT molecular complexity index is 188. The Morgan fingerprint density at radius 3 is 3.08 bits per heavy atom. The predicted octanol–water partition coefficient (Wildman–Crippen LogP) is 0.399. The summed E-state index contributed by atoms with van der Waals surface area (Å²) in [6, 6.07) is 0. The maximum absolute atomic E-state index is 10.5. The Hall–Kier alpha value is -0.320. The number of morpholine rings is 1. The molecule has 0 bridgehead atoms. The number of alkyl halides is 1. The molecule has 76 valence electrons. The van der Waals surface area contributed by atoms with E-state index < -0.39 is 11.3 Å². The molecule has 0 spiro atoms. The standard InChI is InChI=1S/C8H14ClNO3/c1-6-4-10(2-3-13-6)5-7(9)8(11)12/h6-7H,2-5H2,1H3,(H,11,12). The number of nitrogens with zero attached hydrogens (tertiary/aromatic N) is 1. The number of ether oxygens (including phenoxy) is 1. The van der Waals surface area contributed by atoms with Crippen LogP contribution in [0.2, 0.25) is 0 Å². The molecule has 1 heterocycles. The Labute approximate surface area is 82.4 Å². The highest BCUT2D eigenvalue weighted by molar-refractivity contribution is 6.29. The zero-order valence-corrected chi connectivity index (χ0v) is 8.33. The molecule has 4 nitrogen and oxygen atoms in total. The van der Waals surface area contributed by atoms with Crippen LogP contribution in [0.25, 0.3) is 0 Å². The van der Waals surface area contributed by atoms with E-state index in [1.54, 1.807) is 0 Å². The van der Waals surface area contributed by atoms with Crippen LogP contribution < -0.4 is 0 Å². The van der Waals surface area contributed by atoms with E-state index in [1.807, 2.05) is 11.8 Å². The van der Waals surface area contributed by atoms with Gasteiger partial charge in [-0.25, -0.2) is 0 Å². The smallest absolute Gasteiger partial charge is 0.322 e. The number of carbonyl (C=O) groups is 1. The van der Waals surface area contributed by atoms with Crippen molar-refractivity contribution in [1.29, 1.82) is 0 Å². The molecule has 1 rings (SSSR count). The summed E-state index contributed by atoms with van der Waals surface area (Å²) in [6.45, 7) is 4.54. The summed E-state index contributed by atoms with van der Waals surface area (Å²) in [5.41, 5.74) is 0. The highest BCUT2D eigenvalue weighted by Gasteiger charge is 2.22. The lowest BCUT2D eigenvalue weighted by atomic mass is 10.3. The lowest BCUT2D eigenvalue weighted by Crippen LogP contribution is -2.44. The molecular formula is C8H14ClNO3. The lowest BCUT2D eigenvalue weighted by molar-refractivity contribution is -0.137. The molecule has 0 aromatic rings. The van der Waals surface area contributed by atoms with E-state index in [4.69, 9.17) is 21.4 Å². The minimum atomic E-state index is -0.958. The normalized spacial score (nSPS) is 27.1. The Balaban J connectivity index is 2.31. The van der Waals surface area contributed by atoms with Gasteiger partial charge in [0.15, 0.2) is 0 Å². The van der Waals surface area contributed by atoms with Crippen molar-refractivity contribution in [2.24, 2.45) is 0 Å². The lowest BCUT2D eigenvalue weighted by Gasteiger charge is -2.31. The van der Waals surface area contributed by atoms with Crippen molar-refractivity contribution in [3.63, 3.8) is 0 Å². The zero-order chi connectivity index (χ0) is 9.84. The van der Waals surface area contributed by atoms with E-state index in [-0.39, 0.29) is 6.10 Å². The average Bonchev–Trinajstić information content (AvgIpc) is 2.04. The highest BCUT2D eigenvalue weighted by Crippen LogP contribution is 2.07. The van der Waals surface area contributed by atoms with Crippen LogP contribution in [0, 0.1) is 0 Å². The number of rotatable bonds is 3. The Morgan fingerprint density at radius 1 is 1.85 bits per heavy atom. The van der Waals surface area contributed by atoms with Gasteiger partial charge in [0.05, 0.1) is 12.7 Å². The quantitative estimate of drug-likeness (QED) is 0.681. The summed E-state index contributed by atoms with van der Waals surface area (Å²) in [7, 11) is 0. The number of halogens is 1. The van der Waals surface area contributed by atoms with E-state index in [1.165, 1.54) is 0 Å². The van der Waals surface area contributed by atoms with Crippen LogP contribution in [0.3, 0.4) is 0 Å². The maximum atomic E-state index is 10.5. The molecule has 0 aliphatic carbocycles. The first-order chi connectivity index (χ1) is 6.09. The molecule has 0 saturated carbocycles. The average molecular weight is 208 g/mol. The SMILES string of the molecule is CC1CN(CC(Cl)C(=O)O)CCO1. The van der Waals surface area contributed by atoms with Gasteiger partial charge in [0.1, 0.15) is 5.38 Å². The van der Waals surface area contributed by atoms with Crippen LogP contribution in [0.5, 0.6) is 0 Å². The molecule has 0 aromatic heterocycles. The van der Waals surface area contributed by atoms with Crippen molar-refractivity contribution in [3.8, 4) is 0 Å².